The van der Waals surface area contributed by atoms with Gasteiger partial charge in [0.2, 0.25) is 0 Å². The fourth-order valence-corrected chi connectivity index (χ4v) is 2.61. The van der Waals surface area contributed by atoms with Crippen molar-refractivity contribution in [3.8, 4) is 11.5 Å². The molecule has 2 N–H and O–H groups in total. The number of carbonyl (C=O) groups is 2. The Balaban J connectivity index is 1.57. The first-order chi connectivity index (χ1) is 15.7. The molecule has 0 bridgehead atoms. The van der Waals surface area contributed by atoms with E-state index in [1.165, 1.54) is 49.6 Å². The Kier molecular flexibility index (Phi) is 7.11. The van der Waals surface area contributed by atoms with Gasteiger partial charge in [-0.1, -0.05) is 12.1 Å². The van der Waals surface area contributed by atoms with E-state index < -0.39 is 29.6 Å². The maximum Gasteiger partial charge on any atom is 0.416 e. The van der Waals surface area contributed by atoms with Crippen LogP contribution in [0.2, 0.25) is 0 Å². The zero-order valence-corrected chi connectivity index (χ0v) is 17.1. The average Bonchev–Trinajstić information content (AvgIpc) is 2.79. The van der Waals surface area contributed by atoms with Crippen molar-refractivity contribution >= 4 is 17.7 Å². The molecule has 1 heterocycles. The van der Waals surface area contributed by atoms with Crippen molar-refractivity contribution in [1.82, 2.24) is 10.3 Å². The summed E-state index contributed by atoms with van der Waals surface area (Å²) in [5.74, 6) is -0.884. The average molecular weight is 463 g/mol. The van der Waals surface area contributed by atoms with Crippen LogP contribution in [0.15, 0.2) is 60.8 Å². The van der Waals surface area contributed by atoms with Gasteiger partial charge in [0, 0.05) is 25.4 Å². The molecular weight excluding hydrogens is 446 g/mol. The van der Waals surface area contributed by atoms with Crippen LogP contribution in [0.5, 0.6) is 11.5 Å². The standard InChI is InChI=1S/C22H17F4N3O4/c1-27-20(30)19-11-16(8-9-28-19)33-15-6-7-18(17(23)10-15)29-21(31)32-12-13-2-4-14(5-3-13)22(24,25)26/h2-11H,12H2,1H3,(H,27,30)(H,29,31). The lowest BCUT2D eigenvalue weighted by atomic mass is 10.1. The molecule has 0 atom stereocenters. The summed E-state index contributed by atoms with van der Waals surface area (Å²) in [7, 11) is 1.45. The lowest BCUT2D eigenvalue weighted by molar-refractivity contribution is -0.137. The zero-order valence-electron chi connectivity index (χ0n) is 17.1. The number of halogens is 4. The highest BCUT2D eigenvalue weighted by Gasteiger charge is 2.29. The van der Waals surface area contributed by atoms with Crippen LogP contribution in [0.1, 0.15) is 21.6 Å². The number of ether oxygens (including phenoxy) is 2. The van der Waals surface area contributed by atoms with Gasteiger partial charge >= 0.3 is 12.3 Å². The van der Waals surface area contributed by atoms with Gasteiger partial charge in [0.25, 0.3) is 5.91 Å². The van der Waals surface area contributed by atoms with Crippen LogP contribution in [-0.2, 0) is 17.5 Å². The minimum Gasteiger partial charge on any atom is -0.457 e. The lowest BCUT2D eigenvalue weighted by Crippen LogP contribution is -2.18. The molecule has 0 aliphatic carbocycles. The van der Waals surface area contributed by atoms with Gasteiger partial charge in [-0.2, -0.15) is 13.2 Å². The summed E-state index contributed by atoms with van der Waals surface area (Å²) in [5, 5.41) is 4.63. The normalized spacial score (nSPS) is 10.9. The van der Waals surface area contributed by atoms with Crippen molar-refractivity contribution in [2.45, 2.75) is 12.8 Å². The van der Waals surface area contributed by atoms with E-state index in [0.717, 1.165) is 18.2 Å². The van der Waals surface area contributed by atoms with Crippen LogP contribution in [-0.4, -0.2) is 24.0 Å². The van der Waals surface area contributed by atoms with Crippen LogP contribution >= 0.6 is 0 Å². The monoisotopic (exact) mass is 463 g/mol. The van der Waals surface area contributed by atoms with Gasteiger partial charge in [0.15, 0.2) is 5.82 Å². The summed E-state index contributed by atoms with van der Waals surface area (Å²) in [5.41, 5.74) is -0.572. The molecular formula is C22H17F4N3O4. The minimum atomic E-state index is -4.46. The number of pyridine rings is 1. The first-order valence-corrected chi connectivity index (χ1v) is 9.41. The van der Waals surface area contributed by atoms with Crippen LogP contribution < -0.4 is 15.4 Å². The second-order valence-electron chi connectivity index (χ2n) is 6.60. The number of hydrogen-bond acceptors (Lipinski definition) is 5. The Hall–Kier alpha value is -4.15. The maximum atomic E-state index is 14.4. The van der Waals surface area contributed by atoms with E-state index in [2.05, 4.69) is 15.6 Å². The molecule has 7 nitrogen and oxygen atoms in total. The second-order valence-corrected chi connectivity index (χ2v) is 6.60. The molecule has 0 aliphatic heterocycles. The number of nitrogens with zero attached hydrogens (tertiary/aromatic N) is 1. The molecule has 33 heavy (non-hydrogen) atoms. The topological polar surface area (TPSA) is 89.6 Å². The first-order valence-electron chi connectivity index (χ1n) is 9.41. The summed E-state index contributed by atoms with van der Waals surface area (Å²) in [6, 6.07) is 10.6. The maximum absolute atomic E-state index is 14.4. The summed E-state index contributed by atoms with van der Waals surface area (Å²) in [6.07, 6.45) is -4.10. The summed E-state index contributed by atoms with van der Waals surface area (Å²) in [4.78, 5) is 27.4. The molecule has 3 rings (SSSR count). The summed E-state index contributed by atoms with van der Waals surface area (Å²) >= 11 is 0. The quantitative estimate of drug-likeness (QED) is 0.494. The number of nitrogens with one attached hydrogen (secondary N) is 2. The Morgan fingerprint density at radius 1 is 1.00 bits per heavy atom. The molecule has 0 saturated carbocycles. The van der Waals surface area contributed by atoms with E-state index in [9.17, 15) is 27.2 Å². The molecule has 0 aliphatic rings. The van der Waals surface area contributed by atoms with E-state index >= 15 is 0 Å². The third-order valence-corrected chi connectivity index (χ3v) is 4.26. The van der Waals surface area contributed by atoms with Gasteiger partial charge in [0.1, 0.15) is 23.8 Å². The Bertz CT molecular complexity index is 1150. The number of carbonyl (C=O) groups excluding carboxylic acids is 2. The predicted molar refractivity (Wildman–Crippen MR) is 109 cm³/mol. The molecule has 2 aromatic carbocycles. The Morgan fingerprint density at radius 2 is 1.70 bits per heavy atom. The SMILES string of the molecule is CNC(=O)c1cc(Oc2ccc(NC(=O)OCc3ccc(C(F)(F)F)cc3)c(F)c2)ccn1. The van der Waals surface area contributed by atoms with Gasteiger partial charge in [0.05, 0.1) is 11.3 Å². The van der Waals surface area contributed by atoms with Crippen molar-refractivity contribution < 1.29 is 36.6 Å². The number of aromatic nitrogens is 1. The van der Waals surface area contributed by atoms with Crippen molar-refractivity contribution in [2.24, 2.45) is 0 Å². The molecule has 0 spiro atoms. The first kappa shape index (κ1) is 23.5. The molecule has 2 amide bonds. The van der Waals surface area contributed by atoms with E-state index in [4.69, 9.17) is 9.47 Å². The lowest BCUT2D eigenvalue weighted by Gasteiger charge is -2.11. The molecule has 0 fully saturated rings. The highest BCUT2D eigenvalue weighted by molar-refractivity contribution is 5.92. The van der Waals surface area contributed by atoms with Crippen LogP contribution in [0.3, 0.4) is 0 Å². The van der Waals surface area contributed by atoms with E-state index in [1.807, 2.05) is 0 Å². The van der Waals surface area contributed by atoms with Gasteiger partial charge in [-0.25, -0.2) is 9.18 Å². The van der Waals surface area contributed by atoms with Gasteiger partial charge in [-0.05, 0) is 35.9 Å². The molecule has 3 aromatic rings. The van der Waals surface area contributed by atoms with E-state index in [1.54, 1.807) is 0 Å². The fraction of sp³-hybridized carbons (Fsp3) is 0.136. The largest absolute Gasteiger partial charge is 0.457 e. The molecule has 0 saturated heterocycles. The van der Waals surface area contributed by atoms with E-state index in [0.29, 0.717) is 5.56 Å². The van der Waals surface area contributed by atoms with Crippen LogP contribution in [0.25, 0.3) is 0 Å². The third-order valence-electron chi connectivity index (χ3n) is 4.26. The molecule has 172 valence electrons. The molecule has 11 heteroatoms. The van der Waals surface area contributed by atoms with Crippen molar-refractivity contribution in [1.29, 1.82) is 0 Å². The molecule has 0 unspecified atom stereocenters. The number of anilines is 1. The van der Waals surface area contributed by atoms with Crippen molar-refractivity contribution in [3.05, 3.63) is 83.4 Å². The number of hydrogen-bond donors (Lipinski definition) is 2. The van der Waals surface area contributed by atoms with Gasteiger partial charge in [-0.15, -0.1) is 0 Å². The number of benzene rings is 2. The fourth-order valence-electron chi connectivity index (χ4n) is 2.61. The number of amides is 2. The van der Waals surface area contributed by atoms with Crippen LogP contribution in [0, 0.1) is 5.82 Å². The number of alkyl halides is 3. The smallest absolute Gasteiger partial charge is 0.416 e. The zero-order chi connectivity index (χ0) is 24.0. The molecule has 0 radical (unpaired) electrons. The Morgan fingerprint density at radius 3 is 2.33 bits per heavy atom. The van der Waals surface area contributed by atoms with Crippen molar-refractivity contribution in [2.75, 3.05) is 12.4 Å². The second kappa shape index (κ2) is 9.98. The molecule has 1 aromatic heterocycles. The minimum absolute atomic E-state index is 0.102. The number of rotatable bonds is 6. The predicted octanol–water partition coefficient (Wildman–Crippen LogP) is 5.14. The van der Waals surface area contributed by atoms with E-state index in [-0.39, 0.29) is 29.5 Å². The summed E-state index contributed by atoms with van der Waals surface area (Å²) < 4.78 is 62.5. The highest BCUT2D eigenvalue weighted by atomic mass is 19.4. The van der Waals surface area contributed by atoms with Gasteiger partial charge in [-0.3, -0.25) is 15.1 Å². The van der Waals surface area contributed by atoms with Crippen LogP contribution in [0.4, 0.5) is 28.0 Å². The third kappa shape index (κ3) is 6.42. The van der Waals surface area contributed by atoms with Crippen molar-refractivity contribution in [3.63, 3.8) is 0 Å². The Labute approximate surface area is 185 Å². The highest BCUT2D eigenvalue weighted by Crippen LogP contribution is 2.29. The van der Waals surface area contributed by atoms with Gasteiger partial charge < -0.3 is 14.8 Å². The summed E-state index contributed by atoms with van der Waals surface area (Å²) in [6.45, 7) is -0.303.